The third-order valence-corrected chi connectivity index (χ3v) is 12.0. The second-order valence-corrected chi connectivity index (χ2v) is 16.8. The number of halogens is 1. The van der Waals surface area contributed by atoms with Gasteiger partial charge in [-0.15, -0.1) is 0 Å². The van der Waals surface area contributed by atoms with Crippen molar-refractivity contribution in [3.05, 3.63) is 133 Å². The zero-order valence-electron chi connectivity index (χ0n) is 36.1. The molecule has 2 saturated heterocycles. The van der Waals surface area contributed by atoms with E-state index in [1.165, 1.54) is 12.1 Å². The summed E-state index contributed by atoms with van der Waals surface area (Å²) in [6.07, 6.45) is 9.93. The number of ether oxygens (including phenoxy) is 1. The van der Waals surface area contributed by atoms with Crippen molar-refractivity contribution in [2.75, 3.05) is 51.7 Å². The van der Waals surface area contributed by atoms with Gasteiger partial charge in [0.05, 0.1) is 64.3 Å². The first-order chi connectivity index (χ1) is 31.2. The van der Waals surface area contributed by atoms with Crippen LogP contribution in [0.1, 0.15) is 24.0 Å². The quantitative estimate of drug-likeness (QED) is 0.137. The van der Waals surface area contributed by atoms with Gasteiger partial charge in [0.15, 0.2) is 0 Å². The molecule has 2 aliphatic rings. The highest BCUT2D eigenvalue weighted by Crippen LogP contribution is 2.36. The van der Waals surface area contributed by atoms with Crippen LogP contribution in [-0.4, -0.2) is 80.8 Å². The second-order valence-electron chi connectivity index (χ2n) is 16.8. The summed E-state index contributed by atoms with van der Waals surface area (Å²) in [6, 6.07) is 32.7. The molecule has 6 heterocycles. The Bertz CT molecular complexity index is 3050. The summed E-state index contributed by atoms with van der Waals surface area (Å²) in [5.41, 5.74) is 10.5. The fourth-order valence-electron chi connectivity index (χ4n) is 8.60. The van der Waals surface area contributed by atoms with Crippen LogP contribution in [0.4, 0.5) is 10.1 Å². The lowest BCUT2D eigenvalue weighted by atomic mass is 9.97. The topological polar surface area (TPSA) is 146 Å². The van der Waals surface area contributed by atoms with Crippen molar-refractivity contribution in [1.29, 1.82) is 10.5 Å². The molecule has 4 aromatic heterocycles. The molecule has 0 radical (unpaired) electrons. The minimum absolute atomic E-state index is 0.0306. The Kier molecular flexibility index (Phi) is 12.1. The molecule has 2 fully saturated rings. The van der Waals surface area contributed by atoms with E-state index in [4.69, 9.17) is 20.0 Å². The van der Waals surface area contributed by atoms with E-state index in [0.717, 1.165) is 118 Å². The maximum absolute atomic E-state index is 14.5. The molecule has 2 atom stereocenters. The molecule has 2 N–H and O–H groups in total. The highest BCUT2D eigenvalue weighted by atomic mass is 19.1. The lowest BCUT2D eigenvalue weighted by Crippen LogP contribution is -2.18. The van der Waals surface area contributed by atoms with Crippen LogP contribution >= 0.6 is 0 Å². The molecular weight excluding hydrogens is 802 g/mol. The lowest BCUT2D eigenvalue weighted by Gasteiger charge is -2.15. The number of nitriles is 2. The molecule has 10 rings (SSSR count). The highest BCUT2D eigenvalue weighted by Gasteiger charge is 2.21. The number of nitrogens with zero attached hydrogens (tertiary/aromatic N) is 9. The Morgan fingerprint density at radius 3 is 2.00 bits per heavy atom. The zero-order chi connectivity index (χ0) is 44.2. The predicted molar refractivity (Wildman–Crippen MR) is 249 cm³/mol. The molecule has 0 saturated carbocycles. The fraction of sp³-hybridized carbons (Fsp3) is 0.255. The van der Waals surface area contributed by atoms with E-state index in [9.17, 15) is 9.65 Å². The molecule has 12 nitrogen and oxygen atoms in total. The molecule has 0 aliphatic carbocycles. The zero-order valence-corrected chi connectivity index (χ0v) is 36.1. The Morgan fingerprint density at radius 1 is 0.734 bits per heavy atom. The monoisotopic (exact) mass is 849 g/mol. The maximum Gasteiger partial charge on any atom is 0.141 e. The van der Waals surface area contributed by atoms with Gasteiger partial charge in [-0.2, -0.15) is 20.7 Å². The van der Waals surface area contributed by atoms with Crippen LogP contribution in [0.15, 0.2) is 116 Å². The summed E-state index contributed by atoms with van der Waals surface area (Å²) in [4.78, 5) is 11.9. The molecule has 0 bridgehead atoms. The van der Waals surface area contributed by atoms with Gasteiger partial charge in [0, 0.05) is 78.5 Å². The van der Waals surface area contributed by atoms with Gasteiger partial charge in [-0.05, 0) is 117 Å². The van der Waals surface area contributed by atoms with Crippen LogP contribution in [0.3, 0.4) is 0 Å². The average Bonchev–Trinajstić information content (AvgIpc) is 4.14. The van der Waals surface area contributed by atoms with Gasteiger partial charge in [0.1, 0.15) is 17.6 Å². The average molecular weight is 850 g/mol. The smallest absolute Gasteiger partial charge is 0.141 e. The van der Waals surface area contributed by atoms with Crippen molar-refractivity contribution in [3.63, 3.8) is 0 Å². The molecule has 2 unspecified atom stereocenters. The number of hydrogen-bond acceptors (Lipinski definition) is 10. The van der Waals surface area contributed by atoms with Crippen molar-refractivity contribution in [3.8, 4) is 62.7 Å². The van der Waals surface area contributed by atoms with Gasteiger partial charge in [-0.25, -0.2) is 4.39 Å². The minimum Gasteiger partial charge on any atom is -0.492 e. The fourth-order valence-corrected chi connectivity index (χ4v) is 8.60. The maximum atomic E-state index is 14.5. The number of likely N-dealkylation sites (tertiary alicyclic amines) is 1. The molecule has 8 aromatic rings. The van der Waals surface area contributed by atoms with Crippen molar-refractivity contribution >= 4 is 27.5 Å². The van der Waals surface area contributed by atoms with Crippen molar-refractivity contribution in [1.82, 2.24) is 39.7 Å². The van der Waals surface area contributed by atoms with Crippen LogP contribution in [0.2, 0.25) is 0 Å². The second kappa shape index (κ2) is 18.5. The lowest BCUT2D eigenvalue weighted by molar-refractivity contribution is 0.248. The number of hydrogen-bond donors (Lipinski definition) is 2. The van der Waals surface area contributed by atoms with Crippen molar-refractivity contribution in [2.24, 2.45) is 25.9 Å². The van der Waals surface area contributed by atoms with E-state index >= 15 is 0 Å². The van der Waals surface area contributed by atoms with Crippen molar-refractivity contribution < 1.29 is 9.13 Å². The Labute approximate surface area is 371 Å². The van der Waals surface area contributed by atoms with Crippen LogP contribution in [0.25, 0.3) is 66.6 Å². The summed E-state index contributed by atoms with van der Waals surface area (Å²) >= 11 is 0. The van der Waals surface area contributed by atoms with E-state index in [0.29, 0.717) is 29.6 Å². The van der Waals surface area contributed by atoms with Crippen molar-refractivity contribution in [2.45, 2.75) is 12.8 Å². The van der Waals surface area contributed by atoms with E-state index in [1.807, 2.05) is 104 Å². The van der Waals surface area contributed by atoms with Gasteiger partial charge >= 0.3 is 0 Å². The van der Waals surface area contributed by atoms with Gasteiger partial charge in [0.2, 0.25) is 0 Å². The van der Waals surface area contributed by atoms with Gasteiger partial charge in [-0.1, -0.05) is 30.3 Å². The van der Waals surface area contributed by atoms with Crippen LogP contribution in [-0.2, 0) is 14.1 Å². The van der Waals surface area contributed by atoms with Crippen LogP contribution in [0, 0.1) is 40.3 Å². The number of anilines is 1. The number of pyridine rings is 2. The Balaban J connectivity index is 0.000000162. The summed E-state index contributed by atoms with van der Waals surface area (Å²) < 4.78 is 24.2. The molecule has 0 amide bonds. The number of aryl methyl sites for hydroxylation is 2. The number of rotatable bonds is 10. The molecule has 64 heavy (non-hydrogen) atoms. The molecule has 4 aromatic carbocycles. The van der Waals surface area contributed by atoms with Gasteiger partial charge in [-0.3, -0.25) is 19.3 Å². The first kappa shape index (κ1) is 41.9. The van der Waals surface area contributed by atoms with E-state index in [-0.39, 0.29) is 5.56 Å². The minimum atomic E-state index is -0.533. The molecule has 2 aliphatic heterocycles. The third-order valence-electron chi connectivity index (χ3n) is 12.0. The third kappa shape index (κ3) is 9.32. The van der Waals surface area contributed by atoms with Gasteiger partial charge in [0.25, 0.3) is 0 Å². The largest absolute Gasteiger partial charge is 0.492 e. The Morgan fingerprint density at radius 2 is 1.39 bits per heavy atom. The summed E-state index contributed by atoms with van der Waals surface area (Å²) in [5.74, 6) is 1.36. The predicted octanol–water partition coefficient (Wildman–Crippen LogP) is 8.84. The molecule has 13 heteroatoms. The normalized spacial score (nSPS) is 16.0. The summed E-state index contributed by atoms with van der Waals surface area (Å²) in [6.45, 7) is 5.81. The molecular formula is C51H48FN11O. The summed E-state index contributed by atoms with van der Waals surface area (Å²) in [7, 11) is 5.97. The highest BCUT2D eigenvalue weighted by molar-refractivity contribution is 5.90. The Hall–Kier alpha value is -7.45. The van der Waals surface area contributed by atoms with E-state index < -0.39 is 5.82 Å². The van der Waals surface area contributed by atoms with Crippen LogP contribution < -0.4 is 15.4 Å². The first-order valence-electron chi connectivity index (χ1n) is 21.5. The van der Waals surface area contributed by atoms with E-state index in [2.05, 4.69) is 57.0 Å². The number of aromatic nitrogens is 6. The summed E-state index contributed by atoms with van der Waals surface area (Å²) in [5, 5.41) is 36.1. The molecule has 320 valence electrons. The van der Waals surface area contributed by atoms with E-state index in [1.54, 1.807) is 10.7 Å². The SMILES string of the molecule is CN1CCC(COc2cnc(-c3ccc4nn(C)cc4c3)c(-c3ccc(C#N)cc3)c2)C1.Cn1cc2cc(-c3ncc(NCC4CCNC4)cc3-c3ccc(C#N)c(F)c3)ccc2n1. The van der Waals surface area contributed by atoms with Gasteiger partial charge < -0.3 is 20.3 Å². The standard InChI is InChI=1S/C26H25N5O.C25H23FN6/c1-30-10-9-19(15-30)17-32-23-12-24(20-5-3-18(13-27)4-6-20)26(28-14-23)21-7-8-25-22(11-21)16-31(2)29-25;1-32-15-20-8-18(4-5-24(20)31-32)25-22(17-2-3-19(11-27)23(26)9-17)10-21(14-30-25)29-13-16-6-7-28-12-16/h3-8,11-12,14,16,19H,9-10,15,17H2,1-2H3;2-5,8-10,14-16,28-29H,6-7,12-13H2,1H3. The number of nitrogens with one attached hydrogen (secondary N) is 2. The number of benzene rings is 4. The molecule has 0 spiro atoms. The van der Waals surface area contributed by atoms with Crippen LogP contribution in [0.5, 0.6) is 5.75 Å². The first-order valence-corrected chi connectivity index (χ1v) is 21.5. The number of fused-ring (bicyclic) bond motifs is 2.